The molecule has 1 unspecified atom stereocenters. The van der Waals surface area contributed by atoms with Crippen LogP contribution in [-0.2, 0) is 9.05 Å². The van der Waals surface area contributed by atoms with E-state index in [9.17, 15) is 17.6 Å². The standard InChI is InChI=1S/C12H13ClFNO3S/c1-7(8-2-3-8)15-12(16)9-4-10(14)6-11(5-9)19(13,17)18/h4-8H,2-3H2,1H3,(H,15,16). The quantitative estimate of drug-likeness (QED) is 0.868. The molecule has 1 N–H and O–H groups in total. The van der Waals surface area contributed by atoms with Crippen molar-refractivity contribution in [1.29, 1.82) is 0 Å². The van der Waals surface area contributed by atoms with Gasteiger partial charge in [0.05, 0.1) is 4.90 Å². The monoisotopic (exact) mass is 305 g/mol. The van der Waals surface area contributed by atoms with Crippen molar-refractivity contribution < 1.29 is 17.6 Å². The normalized spacial score (nSPS) is 17.0. The highest BCUT2D eigenvalue weighted by atomic mass is 35.7. The molecule has 0 aromatic heterocycles. The van der Waals surface area contributed by atoms with Crippen LogP contribution in [0.5, 0.6) is 0 Å². The Labute approximate surface area is 115 Å². The molecule has 1 aliphatic carbocycles. The number of rotatable bonds is 4. The van der Waals surface area contributed by atoms with Gasteiger partial charge in [-0.15, -0.1) is 0 Å². The van der Waals surface area contributed by atoms with E-state index in [4.69, 9.17) is 10.7 Å². The van der Waals surface area contributed by atoms with Crippen LogP contribution in [0.3, 0.4) is 0 Å². The highest BCUT2D eigenvalue weighted by Crippen LogP contribution is 2.32. The molecule has 104 valence electrons. The van der Waals surface area contributed by atoms with Crippen LogP contribution in [0.25, 0.3) is 0 Å². The maximum atomic E-state index is 13.3. The SMILES string of the molecule is CC(NC(=O)c1cc(F)cc(S(=O)(=O)Cl)c1)C1CC1. The first-order valence-corrected chi connectivity index (χ1v) is 8.14. The van der Waals surface area contributed by atoms with Crippen molar-refractivity contribution in [2.45, 2.75) is 30.7 Å². The molecule has 1 aromatic carbocycles. The first-order valence-electron chi connectivity index (χ1n) is 5.83. The van der Waals surface area contributed by atoms with Crippen molar-refractivity contribution in [3.05, 3.63) is 29.6 Å². The summed E-state index contributed by atoms with van der Waals surface area (Å²) in [6.07, 6.45) is 2.12. The molecule has 0 bridgehead atoms. The number of halogens is 2. The average Bonchev–Trinajstić information content (AvgIpc) is 3.10. The summed E-state index contributed by atoms with van der Waals surface area (Å²) in [5, 5.41) is 2.72. The van der Waals surface area contributed by atoms with Crippen LogP contribution in [0.4, 0.5) is 4.39 Å². The van der Waals surface area contributed by atoms with Gasteiger partial charge in [0.25, 0.3) is 15.0 Å². The van der Waals surface area contributed by atoms with E-state index in [-0.39, 0.29) is 11.6 Å². The first kappa shape index (κ1) is 14.3. The largest absolute Gasteiger partial charge is 0.349 e. The zero-order chi connectivity index (χ0) is 14.2. The van der Waals surface area contributed by atoms with Crippen LogP contribution in [0.2, 0.25) is 0 Å². The molecule has 2 rings (SSSR count). The second-order valence-corrected chi connectivity index (χ2v) is 7.28. The summed E-state index contributed by atoms with van der Waals surface area (Å²) in [6.45, 7) is 1.87. The van der Waals surface area contributed by atoms with Crippen molar-refractivity contribution in [1.82, 2.24) is 5.32 Å². The van der Waals surface area contributed by atoms with Crippen LogP contribution in [0, 0.1) is 11.7 Å². The van der Waals surface area contributed by atoms with Crippen molar-refractivity contribution in [2.24, 2.45) is 5.92 Å². The lowest BCUT2D eigenvalue weighted by atomic mass is 10.1. The molecular formula is C12H13ClFNO3S. The predicted octanol–water partition coefficient (Wildman–Crippen LogP) is 2.28. The minimum Gasteiger partial charge on any atom is -0.349 e. The summed E-state index contributed by atoms with van der Waals surface area (Å²) in [5.41, 5.74) is -0.0493. The van der Waals surface area contributed by atoms with Crippen LogP contribution in [0.15, 0.2) is 23.1 Å². The van der Waals surface area contributed by atoms with Gasteiger partial charge in [-0.2, -0.15) is 0 Å². The third-order valence-corrected chi connectivity index (χ3v) is 4.44. The van der Waals surface area contributed by atoms with Gasteiger partial charge in [0.15, 0.2) is 0 Å². The summed E-state index contributed by atoms with van der Waals surface area (Å²) in [6, 6.07) is 2.83. The van der Waals surface area contributed by atoms with E-state index in [1.165, 1.54) is 0 Å². The summed E-state index contributed by atoms with van der Waals surface area (Å²) in [4.78, 5) is 11.5. The Balaban J connectivity index is 2.23. The molecule has 0 saturated heterocycles. The van der Waals surface area contributed by atoms with Crippen molar-refractivity contribution in [3.63, 3.8) is 0 Å². The number of nitrogens with one attached hydrogen (secondary N) is 1. The Morgan fingerprint density at radius 3 is 2.58 bits per heavy atom. The number of carbonyl (C=O) groups excluding carboxylic acids is 1. The minimum absolute atomic E-state index is 0.00757. The van der Waals surface area contributed by atoms with E-state index >= 15 is 0 Å². The summed E-state index contributed by atoms with van der Waals surface area (Å²) in [5.74, 6) is -0.861. The van der Waals surface area contributed by atoms with Crippen LogP contribution in [0.1, 0.15) is 30.1 Å². The van der Waals surface area contributed by atoms with Crippen molar-refractivity contribution in [2.75, 3.05) is 0 Å². The van der Waals surface area contributed by atoms with Gasteiger partial charge < -0.3 is 5.32 Å². The number of hydrogen-bond donors (Lipinski definition) is 1. The fourth-order valence-electron chi connectivity index (χ4n) is 1.84. The van der Waals surface area contributed by atoms with Gasteiger partial charge in [-0.3, -0.25) is 4.79 Å². The molecule has 4 nitrogen and oxygen atoms in total. The van der Waals surface area contributed by atoms with Crippen LogP contribution in [-0.4, -0.2) is 20.4 Å². The van der Waals surface area contributed by atoms with Crippen molar-refractivity contribution >= 4 is 25.6 Å². The van der Waals surface area contributed by atoms with E-state index in [0.29, 0.717) is 5.92 Å². The molecule has 0 radical (unpaired) electrons. The van der Waals surface area contributed by atoms with E-state index < -0.39 is 25.7 Å². The topological polar surface area (TPSA) is 63.2 Å². The molecule has 1 amide bonds. The molecule has 0 heterocycles. The number of hydrogen-bond acceptors (Lipinski definition) is 3. The second-order valence-electron chi connectivity index (χ2n) is 4.71. The zero-order valence-corrected chi connectivity index (χ0v) is 11.8. The molecule has 7 heteroatoms. The molecule has 1 fully saturated rings. The van der Waals surface area contributed by atoms with Gasteiger partial charge in [0.1, 0.15) is 5.82 Å². The number of amides is 1. The Morgan fingerprint density at radius 1 is 1.42 bits per heavy atom. The lowest BCUT2D eigenvalue weighted by Gasteiger charge is -2.13. The van der Waals surface area contributed by atoms with E-state index in [0.717, 1.165) is 31.0 Å². The van der Waals surface area contributed by atoms with Gasteiger partial charge in [0, 0.05) is 22.3 Å². The smallest absolute Gasteiger partial charge is 0.261 e. The Morgan fingerprint density at radius 2 is 2.05 bits per heavy atom. The Kier molecular flexibility index (Phi) is 3.82. The third kappa shape index (κ3) is 3.67. The molecule has 0 aliphatic heterocycles. The molecule has 1 atom stereocenters. The number of benzene rings is 1. The van der Waals surface area contributed by atoms with Crippen LogP contribution >= 0.6 is 10.7 Å². The molecule has 1 aliphatic rings. The van der Waals surface area contributed by atoms with Gasteiger partial charge in [-0.1, -0.05) is 0 Å². The fourth-order valence-corrected chi connectivity index (χ4v) is 2.63. The highest BCUT2D eigenvalue weighted by Gasteiger charge is 2.29. The molecule has 0 spiro atoms. The van der Waals surface area contributed by atoms with E-state index in [2.05, 4.69) is 5.32 Å². The summed E-state index contributed by atoms with van der Waals surface area (Å²) in [7, 11) is 1.09. The molecule has 1 aromatic rings. The predicted molar refractivity (Wildman–Crippen MR) is 69.1 cm³/mol. The van der Waals surface area contributed by atoms with Gasteiger partial charge in [0.2, 0.25) is 0 Å². The Bertz CT molecular complexity index is 613. The minimum atomic E-state index is -4.06. The molecular weight excluding hydrogens is 293 g/mol. The van der Waals surface area contributed by atoms with E-state index in [1.807, 2.05) is 6.92 Å². The van der Waals surface area contributed by atoms with Crippen LogP contribution < -0.4 is 5.32 Å². The average molecular weight is 306 g/mol. The third-order valence-electron chi connectivity index (χ3n) is 3.10. The van der Waals surface area contributed by atoms with Gasteiger partial charge in [-0.25, -0.2) is 12.8 Å². The van der Waals surface area contributed by atoms with Crippen molar-refractivity contribution in [3.8, 4) is 0 Å². The summed E-state index contributed by atoms with van der Waals surface area (Å²) >= 11 is 0. The Hall–Kier alpha value is -1.14. The highest BCUT2D eigenvalue weighted by molar-refractivity contribution is 8.13. The maximum Gasteiger partial charge on any atom is 0.261 e. The van der Waals surface area contributed by atoms with Gasteiger partial charge >= 0.3 is 0 Å². The first-order chi connectivity index (χ1) is 8.77. The lowest BCUT2D eigenvalue weighted by Crippen LogP contribution is -2.34. The fraction of sp³-hybridized carbons (Fsp3) is 0.417. The number of carbonyl (C=O) groups is 1. The summed E-state index contributed by atoms with van der Waals surface area (Å²) < 4.78 is 35.7. The van der Waals surface area contributed by atoms with Gasteiger partial charge in [-0.05, 0) is 43.9 Å². The van der Waals surface area contributed by atoms with E-state index in [1.54, 1.807) is 0 Å². The second kappa shape index (κ2) is 5.09. The molecule has 1 saturated carbocycles. The maximum absolute atomic E-state index is 13.3. The lowest BCUT2D eigenvalue weighted by molar-refractivity contribution is 0.0935. The molecule has 19 heavy (non-hydrogen) atoms. The zero-order valence-electron chi connectivity index (χ0n) is 10.2.